The van der Waals surface area contributed by atoms with E-state index in [1.807, 2.05) is 0 Å². The first-order chi connectivity index (χ1) is 35.1. The predicted octanol–water partition coefficient (Wildman–Crippen LogP) is -2.63. The first kappa shape index (κ1) is 62.9. The number of nitrogens with one attached hydrogen (secondary N) is 6. The molecule has 3 rings (SSSR count). The van der Waals surface area contributed by atoms with Gasteiger partial charge in [0.25, 0.3) is 5.91 Å². The number of hydrogen-bond donors (Lipinski definition) is 11. The number of methoxy groups -OCH3 is 1. The normalized spacial score (nSPS) is 25.4. The molecule has 1 aromatic rings. The highest BCUT2D eigenvalue weighted by Crippen LogP contribution is 2.25. The summed E-state index contributed by atoms with van der Waals surface area (Å²) in [6.45, 7) is 11.7. The zero-order valence-corrected chi connectivity index (χ0v) is 44.5. The Kier molecular flexibility index (Phi) is 24.3. The van der Waals surface area contributed by atoms with Gasteiger partial charge in [0, 0.05) is 19.9 Å². The van der Waals surface area contributed by atoms with Crippen molar-refractivity contribution in [2.45, 2.75) is 180 Å². The molecule has 25 nitrogen and oxygen atoms in total. The number of piperidine rings is 1. The van der Waals surface area contributed by atoms with Crippen LogP contribution < -0.4 is 42.4 Å². The number of aliphatic hydroxyl groups is 4. The molecule has 13 atom stereocenters. The van der Waals surface area contributed by atoms with E-state index in [1.54, 1.807) is 65.8 Å². The summed E-state index contributed by atoms with van der Waals surface area (Å²) < 4.78 is 11.2. The van der Waals surface area contributed by atoms with Crippen LogP contribution in [-0.4, -0.2) is 183 Å². The summed E-state index contributed by atoms with van der Waals surface area (Å²) >= 11 is 0. The van der Waals surface area contributed by atoms with E-state index in [0.29, 0.717) is 11.3 Å². The van der Waals surface area contributed by atoms with Gasteiger partial charge < -0.3 is 77.3 Å². The van der Waals surface area contributed by atoms with E-state index in [1.165, 1.54) is 28.0 Å². The Morgan fingerprint density at radius 2 is 1.47 bits per heavy atom. The third-order valence-electron chi connectivity index (χ3n) is 13.2. The molecule has 9 amide bonds. The van der Waals surface area contributed by atoms with Crippen LogP contribution in [0.25, 0.3) is 0 Å². The van der Waals surface area contributed by atoms with Gasteiger partial charge in [-0.1, -0.05) is 60.1 Å². The van der Waals surface area contributed by atoms with Crippen molar-refractivity contribution in [3.8, 4) is 5.75 Å². The average molecular weight is 1060 g/mol. The summed E-state index contributed by atoms with van der Waals surface area (Å²) in [5, 5.41) is 56.9. The molecule has 2 aliphatic rings. The van der Waals surface area contributed by atoms with Crippen molar-refractivity contribution in [1.29, 1.82) is 0 Å². The first-order valence-corrected chi connectivity index (χ1v) is 25.3. The lowest BCUT2D eigenvalue weighted by Crippen LogP contribution is -2.67. The van der Waals surface area contributed by atoms with Gasteiger partial charge in [0.15, 0.2) is 6.10 Å². The number of benzene rings is 1. The van der Waals surface area contributed by atoms with E-state index in [9.17, 15) is 68.4 Å². The number of nitrogens with two attached hydrogens (primary N) is 1. The summed E-state index contributed by atoms with van der Waals surface area (Å²) in [7, 11) is 2.72. The minimum absolute atomic E-state index is 0.0217. The molecule has 75 heavy (non-hydrogen) atoms. The highest BCUT2D eigenvalue weighted by atomic mass is 16.5. The maximum Gasteiger partial charge on any atom is 0.329 e. The fourth-order valence-electron chi connectivity index (χ4n) is 8.68. The Bertz CT molecular complexity index is 2180. The van der Waals surface area contributed by atoms with Crippen LogP contribution in [0.5, 0.6) is 5.75 Å². The lowest BCUT2D eigenvalue weighted by atomic mass is 9.95. The molecular formula is C50H79N9O16. The van der Waals surface area contributed by atoms with Gasteiger partial charge in [-0.3, -0.25) is 43.2 Å². The zero-order valence-electron chi connectivity index (χ0n) is 44.5. The van der Waals surface area contributed by atoms with Crippen LogP contribution >= 0.6 is 0 Å². The maximum atomic E-state index is 14.7. The van der Waals surface area contributed by atoms with Crippen LogP contribution in [0.1, 0.15) is 106 Å². The topological polar surface area (TPSA) is 375 Å². The summed E-state index contributed by atoms with van der Waals surface area (Å²) in [5.41, 5.74) is 5.95. The second-order valence-corrected chi connectivity index (χ2v) is 20.2. The van der Waals surface area contributed by atoms with Crippen molar-refractivity contribution < 1.29 is 77.8 Å². The van der Waals surface area contributed by atoms with Gasteiger partial charge in [0.1, 0.15) is 66.4 Å². The third kappa shape index (κ3) is 17.8. The molecule has 0 spiro atoms. The third-order valence-corrected chi connectivity index (χ3v) is 13.2. The van der Waals surface area contributed by atoms with Crippen molar-refractivity contribution in [2.75, 3.05) is 20.8 Å². The second kappa shape index (κ2) is 29.0. The van der Waals surface area contributed by atoms with Gasteiger partial charge >= 0.3 is 5.97 Å². The maximum absolute atomic E-state index is 14.7. The Hall–Kier alpha value is -6.44. The SMILES string of the molecule is CC[C@H](C)[C@@H]1NC(=O)[C@H](Cc2ccc(OC)cc2)N(C)C(=O)C([C@H](C)O)N2C(=O)[C@H](CC[C@H]2O)NC(=O)[C@H](CC(C)C)NC(=O)[C@@H](NC(=O)[C@H](CCC(N)=O)NC(=O)[C@@H](CC(C)C)NC(=O)[C@@H](O)CO)[C@H](C)OC1=O. The van der Waals surface area contributed by atoms with Gasteiger partial charge in [0.2, 0.25) is 47.3 Å². The Labute approximate surface area is 437 Å². The zero-order chi connectivity index (χ0) is 56.6. The van der Waals surface area contributed by atoms with E-state index in [-0.39, 0.29) is 50.4 Å². The second-order valence-electron chi connectivity index (χ2n) is 20.2. The van der Waals surface area contributed by atoms with Gasteiger partial charge in [0.05, 0.1) is 19.8 Å². The lowest BCUT2D eigenvalue weighted by Gasteiger charge is -2.43. The van der Waals surface area contributed by atoms with Crippen molar-refractivity contribution in [1.82, 2.24) is 41.7 Å². The molecule has 0 saturated carbocycles. The number of esters is 1. The van der Waals surface area contributed by atoms with E-state index in [0.717, 1.165) is 9.80 Å². The summed E-state index contributed by atoms with van der Waals surface area (Å²) in [5.74, 6) is -10.8. The van der Waals surface area contributed by atoms with Gasteiger partial charge in [-0.05, 0) is 81.4 Å². The molecule has 420 valence electrons. The van der Waals surface area contributed by atoms with E-state index in [4.69, 9.17) is 15.2 Å². The monoisotopic (exact) mass is 1060 g/mol. The largest absolute Gasteiger partial charge is 0.497 e. The van der Waals surface area contributed by atoms with E-state index in [2.05, 4.69) is 31.9 Å². The van der Waals surface area contributed by atoms with Gasteiger partial charge in [-0.2, -0.15) is 0 Å². The summed E-state index contributed by atoms with van der Waals surface area (Å²) in [4.78, 5) is 142. The number of carbonyl (C=O) groups is 10. The Balaban J connectivity index is 2.25. The summed E-state index contributed by atoms with van der Waals surface area (Å²) in [6.07, 6.45) is -8.09. The molecule has 25 heteroatoms. The Morgan fingerprint density at radius 3 is 2.01 bits per heavy atom. The number of ether oxygens (including phenoxy) is 2. The van der Waals surface area contributed by atoms with Crippen molar-refractivity contribution >= 4 is 59.1 Å². The number of cyclic esters (lactones) is 1. The molecule has 2 bridgehead atoms. The average Bonchev–Trinajstić information content (AvgIpc) is 3.34. The Morgan fingerprint density at radius 1 is 0.840 bits per heavy atom. The number of hydrogen-bond acceptors (Lipinski definition) is 16. The number of nitrogens with zero attached hydrogens (tertiary/aromatic N) is 2. The smallest absolute Gasteiger partial charge is 0.329 e. The predicted molar refractivity (Wildman–Crippen MR) is 268 cm³/mol. The standard InChI is InChI=1S/C50H79N9O16/c1-11-26(6)39-50(73)75-28(8)40(57-42(65)31(16-18-37(51)63)52-43(66)33(20-24(2)3)54-46(69)36(62)23-60)47(70)55-34(21-25(4)5)44(67)53-32-17-19-38(64)59(48(32)71)41(27(7)61)49(72)58(9)35(45(68)56-39)22-29-12-14-30(74-10)15-13-29/h12-15,24-28,31-36,38-41,60-62,64H,11,16-23H2,1-10H3,(H2,51,63)(H,52,66)(H,53,67)(H,54,69)(H,55,70)(H,56,68)(H,57,65)/t26-,27-,28-,31-,32-,33+,34-,35-,36-,38+,39-,40-,41?/m0/s1. The van der Waals surface area contributed by atoms with Gasteiger partial charge in [-0.15, -0.1) is 0 Å². The fourth-order valence-corrected chi connectivity index (χ4v) is 8.68. The minimum atomic E-state index is -1.90. The number of primary amides is 1. The quantitative estimate of drug-likeness (QED) is 0.0595. The van der Waals surface area contributed by atoms with Crippen LogP contribution in [0.4, 0.5) is 0 Å². The van der Waals surface area contributed by atoms with Crippen LogP contribution in [0.3, 0.4) is 0 Å². The number of amides is 9. The van der Waals surface area contributed by atoms with Crippen molar-refractivity contribution in [3.63, 3.8) is 0 Å². The van der Waals surface area contributed by atoms with Crippen LogP contribution in [-0.2, 0) is 59.1 Å². The highest BCUT2D eigenvalue weighted by Gasteiger charge is 2.47. The molecule has 2 aliphatic heterocycles. The van der Waals surface area contributed by atoms with Crippen LogP contribution in [0.15, 0.2) is 24.3 Å². The number of fused-ring (bicyclic) bond motifs is 2. The number of aliphatic hydroxyl groups excluding tert-OH is 4. The molecule has 0 radical (unpaired) electrons. The molecule has 2 fully saturated rings. The van der Waals surface area contributed by atoms with E-state index >= 15 is 0 Å². The van der Waals surface area contributed by atoms with Crippen LogP contribution in [0, 0.1) is 17.8 Å². The van der Waals surface area contributed by atoms with Gasteiger partial charge in [-0.25, -0.2) is 4.79 Å². The molecular weight excluding hydrogens is 983 g/mol. The molecule has 12 N–H and O–H groups in total. The molecule has 1 unspecified atom stereocenters. The number of rotatable bonds is 20. The van der Waals surface area contributed by atoms with E-state index < -0.39 is 157 Å². The molecule has 1 aromatic carbocycles. The summed E-state index contributed by atoms with van der Waals surface area (Å²) in [6, 6.07) is -6.06. The lowest BCUT2D eigenvalue weighted by molar-refractivity contribution is -0.170. The molecule has 0 aromatic heterocycles. The molecule has 2 saturated heterocycles. The minimum Gasteiger partial charge on any atom is -0.497 e. The highest BCUT2D eigenvalue weighted by molar-refractivity contribution is 5.99. The molecule has 2 heterocycles. The molecule has 0 aliphatic carbocycles. The number of carbonyl (C=O) groups excluding carboxylic acids is 10. The fraction of sp³-hybridized carbons (Fsp3) is 0.680. The first-order valence-electron chi connectivity index (χ1n) is 25.3. The van der Waals surface area contributed by atoms with Crippen molar-refractivity contribution in [2.24, 2.45) is 23.5 Å². The van der Waals surface area contributed by atoms with Crippen LogP contribution in [0.2, 0.25) is 0 Å². The van der Waals surface area contributed by atoms with Crippen molar-refractivity contribution in [3.05, 3.63) is 29.8 Å². The number of likely N-dealkylation sites (N-methyl/N-ethyl adjacent to an activating group) is 1.